The van der Waals surface area contributed by atoms with E-state index >= 15 is 0 Å². The molecule has 4 heteroatoms. The van der Waals surface area contributed by atoms with Crippen LogP contribution in [0.1, 0.15) is 24.5 Å². The SMILES string of the molecule is Cc1ccc(Br)cc1CCC(=O)NCC(C)CN. The Labute approximate surface area is 117 Å². The van der Waals surface area contributed by atoms with Crippen LogP contribution in [0.25, 0.3) is 0 Å². The van der Waals surface area contributed by atoms with E-state index in [1.807, 2.05) is 13.0 Å². The Balaban J connectivity index is 2.40. The molecule has 100 valence electrons. The fourth-order valence-electron chi connectivity index (χ4n) is 1.62. The predicted octanol–water partition coefficient (Wildman–Crippen LogP) is 2.40. The van der Waals surface area contributed by atoms with Gasteiger partial charge in [-0.25, -0.2) is 0 Å². The molecule has 0 heterocycles. The van der Waals surface area contributed by atoms with Crippen LogP contribution in [-0.4, -0.2) is 19.0 Å². The largest absolute Gasteiger partial charge is 0.356 e. The quantitative estimate of drug-likeness (QED) is 0.847. The summed E-state index contributed by atoms with van der Waals surface area (Å²) in [5, 5.41) is 2.91. The minimum absolute atomic E-state index is 0.0923. The molecule has 0 saturated carbocycles. The van der Waals surface area contributed by atoms with E-state index in [9.17, 15) is 4.79 Å². The van der Waals surface area contributed by atoms with E-state index in [-0.39, 0.29) is 5.91 Å². The highest BCUT2D eigenvalue weighted by Crippen LogP contribution is 2.17. The first-order valence-corrected chi connectivity index (χ1v) is 7.04. The number of benzene rings is 1. The number of carbonyl (C=O) groups is 1. The average Bonchev–Trinajstić information content (AvgIpc) is 2.36. The van der Waals surface area contributed by atoms with E-state index in [2.05, 4.69) is 40.3 Å². The molecule has 1 amide bonds. The van der Waals surface area contributed by atoms with Crippen LogP contribution in [0.4, 0.5) is 0 Å². The van der Waals surface area contributed by atoms with E-state index in [1.165, 1.54) is 11.1 Å². The molecular formula is C14H21BrN2O. The zero-order valence-electron chi connectivity index (χ0n) is 11.0. The van der Waals surface area contributed by atoms with E-state index in [1.54, 1.807) is 0 Å². The lowest BCUT2D eigenvalue weighted by Gasteiger charge is -2.10. The van der Waals surface area contributed by atoms with Gasteiger partial charge in [0.15, 0.2) is 0 Å². The third-order valence-electron chi connectivity index (χ3n) is 2.98. The monoisotopic (exact) mass is 312 g/mol. The number of nitrogens with two attached hydrogens (primary N) is 1. The van der Waals surface area contributed by atoms with E-state index in [0.29, 0.717) is 25.4 Å². The van der Waals surface area contributed by atoms with Crippen molar-refractivity contribution < 1.29 is 4.79 Å². The Hall–Kier alpha value is -0.870. The molecule has 0 saturated heterocycles. The lowest BCUT2D eigenvalue weighted by molar-refractivity contribution is -0.121. The first-order chi connectivity index (χ1) is 8.52. The summed E-state index contributed by atoms with van der Waals surface area (Å²) in [5.41, 5.74) is 7.94. The summed E-state index contributed by atoms with van der Waals surface area (Å²) in [6, 6.07) is 6.15. The van der Waals surface area contributed by atoms with Gasteiger partial charge in [-0.1, -0.05) is 28.9 Å². The van der Waals surface area contributed by atoms with Crippen molar-refractivity contribution in [2.45, 2.75) is 26.7 Å². The summed E-state index contributed by atoms with van der Waals surface area (Å²) in [4.78, 5) is 11.7. The zero-order chi connectivity index (χ0) is 13.5. The van der Waals surface area contributed by atoms with Crippen LogP contribution in [0.2, 0.25) is 0 Å². The van der Waals surface area contributed by atoms with Crippen molar-refractivity contribution in [3.05, 3.63) is 33.8 Å². The van der Waals surface area contributed by atoms with Crippen molar-refractivity contribution in [2.75, 3.05) is 13.1 Å². The fourth-order valence-corrected chi connectivity index (χ4v) is 2.03. The third-order valence-corrected chi connectivity index (χ3v) is 3.48. The second-order valence-corrected chi connectivity index (χ2v) is 5.63. The molecule has 18 heavy (non-hydrogen) atoms. The van der Waals surface area contributed by atoms with Gasteiger partial charge < -0.3 is 11.1 Å². The molecule has 1 rings (SSSR count). The maximum atomic E-state index is 11.7. The molecule has 0 bridgehead atoms. The standard InChI is InChI=1S/C14H21BrN2O/c1-10(8-16)9-17-14(18)6-4-12-7-13(15)5-3-11(12)2/h3,5,7,10H,4,6,8-9,16H2,1-2H3,(H,17,18). The van der Waals surface area contributed by atoms with E-state index in [4.69, 9.17) is 5.73 Å². The maximum absolute atomic E-state index is 11.7. The van der Waals surface area contributed by atoms with Crippen molar-refractivity contribution in [3.8, 4) is 0 Å². The summed E-state index contributed by atoms with van der Waals surface area (Å²) < 4.78 is 1.06. The molecule has 1 aromatic carbocycles. The van der Waals surface area contributed by atoms with Crippen molar-refractivity contribution in [1.29, 1.82) is 0 Å². The molecule has 0 aliphatic heterocycles. The molecule has 0 spiro atoms. The topological polar surface area (TPSA) is 55.1 Å². The van der Waals surface area contributed by atoms with Gasteiger partial charge in [-0.15, -0.1) is 0 Å². The lowest BCUT2D eigenvalue weighted by atomic mass is 10.0. The number of carbonyl (C=O) groups excluding carboxylic acids is 1. The van der Waals surface area contributed by atoms with Crippen molar-refractivity contribution >= 4 is 21.8 Å². The summed E-state index contributed by atoms with van der Waals surface area (Å²) in [6.07, 6.45) is 1.29. The number of rotatable bonds is 6. The van der Waals surface area contributed by atoms with E-state index < -0.39 is 0 Å². The molecule has 1 unspecified atom stereocenters. The molecule has 0 fully saturated rings. The number of halogens is 1. The lowest BCUT2D eigenvalue weighted by Crippen LogP contribution is -2.31. The van der Waals surface area contributed by atoms with Crippen LogP contribution in [0.15, 0.2) is 22.7 Å². The van der Waals surface area contributed by atoms with Gasteiger partial charge in [-0.2, -0.15) is 0 Å². The molecule has 0 aliphatic rings. The minimum Gasteiger partial charge on any atom is -0.356 e. The molecular weight excluding hydrogens is 292 g/mol. The highest BCUT2D eigenvalue weighted by molar-refractivity contribution is 9.10. The average molecular weight is 313 g/mol. The zero-order valence-corrected chi connectivity index (χ0v) is 12.6. The van der Waals surface area contributed by atoms with Crippen LogP contribution < -0.4 is 11.1 Å². The first-order valence-electron chi connectivity index (χ1n) is 6.24. The molecule has 3 nitrogen and oxygen atoms in total. The van der Waals surface area contributed by atoms with Gasteiger partial charge in [0.25, 0.3) is 0 Å². The molecule has 0 radical (unpaired) electrons. The number of hydrogen-bond acceptors (Lipinski definition) is 2. The Morgan fingerprint density at radius 1 is 1.50 bits per heavy atom. The summed E-state index contributed by atoms with van der Waals surface area (Å²) in [7, 11) is 0. The van der Waals surface area contributed by atoms with Gasteiger partial charge in [0.2, 0.25) is 5.91 Å². The van der Waals surface area contributed by atoms with Gasteiger partial charge >= 0.3 is 0 Å². The number of hydrogen-bond donors (Lipinski definition) is 2. The van der Waals surface area contributed by atoms with Crippen LogP contribution in [-0.2, 0) is 11.2 Å². The third kappa shape index (κ3) is 5.19. The Morgan fingerprint density at radius 2 is 2.22 bits per heavy atom. The molecule has 0 aromatic heterocycles. The number of nitrogens with one attached hydrogen (secondary N) is 1. The van der Waals surface area contributed by atoms with Gasteiger partial charge in [-0.05, 0) is 49.1 Å². The van der Waals surface area contributed by atoms with Gasteiger partial charge in [0.05, 0.1) is 0 Å². The fraction of sp³-hybridized carbons (Fsp3) is 0.500. The maximum Gasteiger partial charge on any atom is 0.220 e. The van der Waals surface area contributed by atoms with Crippen molar-refractivity contribution in [1.82, 2.24) is 5.32 Å². The summed E-state index contributed by atoms with van der Waals surface area (Å²) >= 11 is 3.45. The second kappa shape index (κ2) is 7.54. The Morgan fingerprint density at radius 3 is 2.89 bits per heavy atom. The van der Waals surface area contributed by atoms with Crippen LogP contribution in [0.5, 0.6) is 0 Å². The summed E-state index contributed by atoms with van der Waals surface area (Å²) in [6.45, 7) is 5.35. The summed E-state index contributed by atoms with van der Waals surface area (Å²) in [5.74, 6) is 0.427. The first kappa shape index (κ1) is 15.2. The molecule has 3 N–H and O–H groups in total. The van der Waals surface area contributed by atoms with Gasteiger partial charge in [-0.3, -0.25) is 4.79 Å². The normalized spacial score (nSPS) is 12.2. The predicted molar refractivity (Wildman–Crippen MR) is 78.4 cm³/mol. The number of amides is 1. The van der Waals surface area contributed by atoms with Crippen molar-refractivity contribution in [2.24, 2.45) is 11.7 Å². The van der Waals surface area contributed by atoms with Crippen LogP contribution in [0.3, 0.4) is 0 Å². The highest BCUT2D eigenvalue weighted by atomic mass is 79.9. The Kier molecular flexibility index (Phi) is 6.36. The van der Waals surface area contributed by atoms with Crippen LogP contribution >= 0.6 is 15.9 Å². The highest BCUT2D eigenvalue weighted by Gasteiger charge is 2.06. The molecule has 1 atom stereocenters. The van der Waals surface area contributed by atoms with Crippen LogP contribution in [0, 0.1) is 12.8 Å². The molecule has 1 aromatic rings. The second-order valence-electron chi connectivity index (χ2n) is 4.72. The number of aryl methyl sites for hydroxylation is 2. The smallest absolute Gasteiger partial charge is 0.220 e. The van der Waals surface area contributed by atoms with E-state index in [0.717, 1.165) is 10.9 Å². The van der Waals surface area contributed by atoms with Gasteiger partial charge in [0.1, 0.15) is 0 Å². The Bertz CT molecular complexity index is 407. The molecule has 0 aliphatic carbocycles. The van der Waals surface area contributed by atoms with Gasteiger partial charge in [0, 0.05) is 17.4 Å². The van der Waals surface area contributed by atoms with Crippen molar-refractivity contribution in [3.63, 3.8) is 0 Å². The minimum atomic E-state index is 0.0923.